The second-order valence-corrected chi connectivity index (χ2v) is 6.80. The predicted octanol–water partition coefficient (Wildman–Crippen LogP) is 2.07. The van der Waals surface area contributed by atoms with Gasteiger partial charge in [0.25, 0.3) is 0 Å². The minimum Gasteiger partial charge on any atom is -0.352 e. The van der Waals surface area contributed by atoms with Crippen molar-refractivity contribution in [3.05, 3.63) is 65.7 Å². The maximum Gasteiger partial charge on any atom is 0.238 e. The first-order chi connectivity index (χ1) is 13.0. The van der Waals surface area contributed by atoms with Crippen molar-refractivity contribution in [3.63, 3.8) is 0 Å². The lowest BCUT2D eigenvalue weighted by molar-refractivity contribution is -0.123. The number of nitrogens with zero attached hydrogens (tertiary/aromatic N) is 1. The van der Waals surface area contributed by atoms with Gasteiger partial charge in [0.2, 0.25) is 11.8 Å². The zero-order valence-corrected chi connectivity index (χ0v) is 15.3. The van der Waals surface area contributed by atoms with Gasteiger partial charge in [0.1, 0.15) is 0 Å². The Hall–Kier alpha value is -2.99. The number of hydrogen-bond donors (Lipinski definition) is 2. The summed E-state index contributed by atoms with van der Waals surface area (Å²) in [4.78, 5) is 38.5. The zero-order chi connectivity index (χ0) is 19.2. The molecule has 1 aliphatic carbocycles. The summed E-state index contributed by atoms with van der Waals surface area (Å²) in [6.07, 6.45) is 2.06. The fourth-order valence-corrected chi connectivity index (χ4v) is 2.77. The minimum atomic E-state index is -0.273. The standard InChI is InChI=1S/C21H23N3O3/c1-24(13-19(25)22-16-11-12-16)14-20(26)23-18-10-6-5-9-17(18)21(27)15-7-3-2-4-8-15/h2-10,16H,11-14H2,1H3,(H,22,25)(H,23,26). The molecule has 140 valence electrons. The van der Waals surface area contributed by atoms with E-state index in [1.165, 1.54) is 0 Å². The molecular formula is C21H23N3O3. The molecule has 0 spiro atoms. The van der Waals surface area contributed by atoms with Gasteiger partial charge in [-0.2, -0.15) is 0 Å². The third-order valence-electron chi connectivity index (χ3n) is 4.25. The molecular weight excluding hydrogens is 342 g/mol. The normalized spacial score (nSPS) is 13.3. The van der Waals surface area contributed by atoms with E-state index in [0.717, 1.165) is 12.8 Å². The van der Waals surface area contributed by atoms with Gasteiger partial charge in [0, 0.05) is 17.2 Å². The summed E-state index contributed by atoms with van der Waals surface area (Å²) < 4.78 is 0. The average Bonchev–Trinajstić information content (AvgIpc) is 3.45. The van der Waals surface area contributed by atoms with Gasteiger partial charge in [-0.3, -0.25) is 19.3 Å². The van der Waals surface area contributed by atoms with Crippen molar-refractivity contribution < 1.29 is 14.4 Å². The molecule has 0 bridgehead atoms. The Morgan fingerprint density at radius 2 is 1.56 bits per heavy atom. The van der Waals surface area contributed by atoms with Crippen molar-refractivity contribution in [1.29, 1.82) is 0 Å². The number of ketones is 1. The highest BCUT2D eigenvalue weighted by Crippen LogP contribution is 2.20. The van der Waals surface area contributed by atoms with Gasteiger partial charge in [0.05, 0.1) is 18.8 Å². The number of rotatable bonds is 8. The van der Waals surface area contributed by atoms with Crippen LogP contribution in [0.25, 0.3) is 0 Å². The molecule has 2 N–H and O–H groups in total. The summed E-state index contributed by atoms with van der Waals surface area (Å²) in [7, 11) is 1.72. The fraction of sp³-hybridized carbons (Fsp3) is 0.286. The largest absolute Gasteiger partial charge is 0.352 e. The molecule has 0 unspecified atom stereocenters. The second kappa shape index (κ2) is 8.60. The number of amides is 2. The zero-order valence-electron chi connectivity index (χ0n) is 15.3. The Bertz CT molecular complexity index is 832. The van der Waals surface area contributed by atoms with Gasteiger partial charge in [-0.25, -0.2) is 0 Å². The molecule has 0 aliphatic heterocycles. The first-order valence-corrected chi connectivity index (χ1v) is 8.99. The van der Waals surface area contributed by atoms with Gasteiger partial charge in [0.15, 0.2) is 5.78 Å². The molecule has 1 aliphatic rings. The van der Waals surface area contributed by atoms with E-state index >= 15 is 0 Å². The smallest absolute Gasteiger partial charge is 0.238 e. The van der Waals surface area contributed by atoms with Crippen molar-refractivity contribution in [2.45, 2.75) is 18.9 Å². The van der Waals surface area contributed by atoms with Crippen LogP contribution in [-0.4, -0.2) is 48.7 Å². The molecule has 2 aromatic rings. The third kappa shape index (κ3) is 5.49. The van der Waals surface area contributed by atoms with E-state index in [-0.39, 0.29) is 30.7 Å². The number of carbonyl (C=O) groups excluding carboxylic acids is 3. The molecule has 1 saturated carbocycles. The Labute approximate surface area is 158 Å². The summed E-state index contributed by atoms with van der Waals surface area (Å²) >= 11 is 0. The summed E-state index contributed by atoms with van der Waals surface area (Å²) in [5, 5.41) is 5.68. The highest BCUT2D eigenvalue weighted by atomic mass is 16.2. The quantitative estimate of drug-likeness (QED) is 0.702. The minimum absolute atomic E-state index is 0.0615. The van der Waals surface area contributed by atoms with E-state index in [0.29, 0.717) is 22.9 Å². The number of likely N-dealkylation sites (N-methyl/N-ethyl adjacent to an activating group) is 1. The molecule has 27 heavy (non-hydrogen) atoms. The van der Waals surface area contributed by atoms with Crippen LogP contribution in [0.4, 0.5) is 5.69 Å². The lowest BCUT2D eigenvalue weighted by atomic mass is 10.0. The van der Waals surface area contributed by atoms with Crippen LogP contribution in [0.5, 0.6) is 0 Å². The van der Waals surface area contributed by atoms with Gasteiger partial charge < -0.3 is 10.6 Å². The van der Waals surface area contributed by atoms with Crippen LogP contribution in [0, 0.1) is 0 Å². The van der Waals surface area contributed by atoms with E-state index in [1.54, 1.807) is 60.5 Å². The van der Waals surface area contributed by atoms with E-state index in [2.05, 4.69) is 10.6 Å². The maximum absolute atomic E-state index is 12.7. The molecule has 6 nitrogen and oxygen atoms in total. The predicted molar refractivity (Wildman–Crippen MR) is 104 cm³/mol. The Balaban J connectivity index is 1.60. The average molecular weight is 365 g/mol. The number of para-hydroxylation sites is 1. The first kappa shape index (κ1) is 18.8. The monoisotopic (exact) mass is 365 g/mol. The third-order valence-corrected chi connectivity index (χ3v) is 4.25. The topological polar surface area (TPSA) is 78.5 Å². The first-order valence-electron chi connectivity index (χ1n) is 8.99. The molecule has 0 atom stereocenters. The fourth-order valence-electron chi connectivity index (χ4n) is 2.77. The van der Waals surface area contributed by atoms with E-state index in [9.17, 15) is 14.4 Å². The number of nitrogens with one attached hydrogen (secondary N) is 2. The molecule has 0 saturated heterocycles. The lowest BCUT2D eigenvalue weighted by Gasteiger charge is -2.17. The Morgan fingerprint density at radius 1 is 0.926 bits per heavy atom. The summed E-state index contributed by atoms with van der Waals surface area (Å²) in [6, 6.07) is 16.2. The van der Waals surface area contributed by atoms with Crippen LogP contribution in [0.2, 0.25) is 0 Å². The highest BCUT2D eigenvalue weighted by Gasteiger charge is 2.24. The molecule has 0 radical (unpaired) electrons. The Morgan fingerprint density at radius 3 is 2.26 bits per heavy atom. The van der Waals surface area contributed by atoms with Crippen molar-refractivity contribution in [3.8, 4) is 0 Å². The van der Waals surface area contributed by atoms with Gasteiger partial charge in [-0.15, -0.1) is 0 Å². The van der Waals surface area contributed by atoms with Crippen LogP contribution in [0.1, 0.15) is 28.8 Å². The molecule has 3 rings (SSSR count). The van der Waals surface area contributed by atoms with E-state index < -0.39 is 0 Å². The SMILES string of the molecule is CN(CC(=O)Nc1ccccc1C(=O)c1ccccc1)CC(=O)NC1CC1. The molecule has 0 heterocycles. The molecule has 0 aromatic heterocycles. The number of hydrogen-bond acceptors (Lipinski definition) is 4. The summed E-state index contributed by atoms with van der Waals surface area (Å²) in [6.45, 7) is 0.223. The molecule has 2 aromatic carbocycles. The van der Waals surface area contributed by atoms with Gasteiger partial charge in [-0.1, -0.05) is 42.5 Å². The second-order valence-electron chi connectivity index (χ2n) is 6.80. The summed E-state index contributed by atoms with van der Waals surface area (Å²) in [5.41, 5.74) is 1.46. The van der Waals surface area contributed by atoms with Gasteiger partial charge >= 0.3 is 0 Å². The maximum atomic E-state index is 12.7. The van der Waals surface area contributed by atoms with Gasteiger partial charge in [-0.05, 0) is 32.0 Å². The molecule has 2 amide bonds. The van der Waals surface area contributed by atoms with Crippen molar-refractivity contribution >= 4 is 23.3 Å². The van der Waals surface area contributed by atoms with Crippen molar-refractivity contribution in [2.75, 3.05) is 25.5 Å². The number of anilines is 1. The highest BCUT2D eigenvalue weighted by molar-refractivity contribution is 6.13. The van der Waals surface area contributed by atoms with E-state index in [1.807, 2.05) is 6.07 Å². The van der Waals surface area contributed by atoms with Crippen LogP contribution < -0.4 is 10.6 Å². The van der Waals surface area contributed by atoms with E-state index in [4.69, 9.17) is 0 Å². The number of carbonyl (C=O) groups is 3. The molecule has 1 fully saturated rings. The van der Waals surface area contributed by atoms with Crippen molar-refractivity contribution in [1.82, 2.24) is 10.2 Å². The Kier molecular flexibility index (Phi) is 5.98. The summed E-state index contributed by atoms with van der Waals surface area (Å²) in [5.74, 6) is -0.499. The molecule has 6 heteroatoms. The van der Waals surface area contributed by atoms with Crippen LogP contribution in [-0.2, 0) is 9.59 Å². The number of benzene rings is 2. The van der Waals surface area contributed by atoms with Crippen molar-refractivity contribution in [2.24, 2.45) is 0 Å². The van der Waals surface area contributed by atoms with Crippen LogP contribution in [0.3, 0.4) is 0 Å². The van der Waals surface area contributed by atoms with Crippen LogP contribution in [0.15, 0.2) is 54.6 Å². The van der Waals surface area contributed by atoms with Crippen LogP contribution >= 0.6 is 0 Å². The lowest BCUT2D eigenvalue weighted by Crippen LogP contribution is -2.39.